The molecule has 1 aromatic heterocycles. The van der Waals surface area contributed by atoms with E-state index in [1.54, 1.807) is 0 Å². The highest BCUT2D eigenvalue weighted by molar-refractivity contribution is 7.10. The number of alkyl halides is 3. The number of carbonyl (C=O) groups is 5. The third kappa shape index (κ3) is 8.48. The van der Waals surface area contributed by atoms with Crippen LogP contribution in [0.3, 0.4) is 0 Å². The van der Waals surface area contributed by atoms with Crippen LogP contribution < -0.4 is 10.1 Å². The standard InChI is InChI=1S/C36H30F6N2O9S/c1-5-50-32(47)35(33(48)51-6-2,25-11-8-16-54-25)18-52-34(49)53-29-23(38)17-24(27(28(29)39)31(46)44(3)4)43-30(45)21-9-7-10-22(37)26(21)19-12-14-20(15-13-19)36(40,41)42/h7-17H,5-6,18H2,1-4H3,(H,43,45). The van der Waals surface area contributed by atoms with Crippen molar-refractivity contribution in [2.75, 3.05) is 39.2 Å². The number of nitrogens with zero attached hydrogens (tertiary/aromatic N) is 1. The number of carbonyl (C=O) groups excluding carboxylic acids is 5. The van der Waals surface area contributed by atoms with E-state index in [1.165, 1.54) is 45.5 Å². The Hall–Kier alpha value is -5.91. The molecule has 0 fully saturated rings. The van der Waals surface area contributed by atoms with Gasteiger partial charge in [0.1, 0.15) is 18.0 Å². The van der Waals surface area contributed by atoms with Crippen molar-refractivity contribution in [3.63, 3.8) is 0 Å². The molecule has 0 radical (unpaired) electrons. The summed E-state index contributed by atoms with van der Waals surface area (Å²) in [5.74, 6) is -10.7. The van der Waals surface area contributed by atoms with Crippen molar-refractivity contribution >= 4 is 46.9 Å². The minimum absolute atomic E-state index is 0.0447. The van der Waals surface area contributed by atoms with Crippen LogP contribution in [0.2, 0.25) is 0 Å². The van der Waals surface area contributed by atoms with Crippen molar-refractivity contribution in [2.45, 2.75) is 25.4 Å². The topological polar surface area (TPSA) is 138 Å². The number of anilines is 1. The van der Waals surface area contributed by atoms with Crippen LogP contribution in [0.4, 0.5) is 36.8 Å². The Morgan fingerprint density at radius 2 is 1.44 bits per heavy atom. The molecule has 0 unspecified atom stereocenters. The van der Waals surface area contributed by atoms with Crippen molar-refractivity contribution in [1.82, 2.24) is 4.90 Å². The Bertz CT molecular complexity index is 2030. The molecule has 4 rings (SSSR count). The number of halogens is 6. The van der Waals surface area contributed by atoms with Gasteiger partial charge in [0.2, 0.25) is 11.2 Å². The van der Waals surface area contributed by atoms with Crippen LogP contribution >= 0.6 is 11.3 Å². The highest BCUT2D eigenvalue weighted by Crippen LogP contribution is 2.36. The summed E-state index contributed by atoms with van der Waals surface area (Å²) in [6.07, 6.45) is -6.53. The van der Waals surface area contributed by atoms with Crippen molar-refractivity contribution < 1.29 is 69.3 Å². The normalized spacial score (nSPS) is 11.4. The van der Waals surface area contributed by atoms with Crippen molar-refractivity contribution in [3.8, 4) is 16.9 Å². The molecule has 1 heterocycles. The van der Waals surface area contributed by atoms with Crippen LogP contribution in [-0.2, 0) is 35.4 Å². The van der Waals surface area contributed by atoms with Crippen molar-refractivity contribution in [2.24, 2.45) is 0 Å². The molecule has 54 heavy (non-hydrogen) atoms. The predicted molar refractivity (Wildman–Crippen MR) is 180 cm³/mol. The predicted octanol–water partition coefficient (Wildman–Crippen LogP) is 7.38. The maximum atomic E-state index is 16.0. The summed E-state index contributed by atoms with van der Waals surface area (Å²) < 4.78 is 106. The molecule has 0 aliphatic rings. The Morgan fingerprint density at radius 1 is 0.815 bits per heavy atom. The van der Waals surface area contributed by atoms with Gasteiger partial charge in [0, 0.05) is 30.6 Å². The summed E-state index contributed by atoms with van der Waals surface area (Å²) in [5.41, 5.74) is -6.33. The SMILES string of the molecule is CCOC(=O)C(COC(=O)Oc1c(F)cc(NC(=O)c2cccc(F)c2-c2ccc(C(F)(F)F)cc2)c(C(=O)N(C)C)c1F)(C(=O)OCC)c1cccs1. The minimum Gasteiger partial charge on any atom is -0.465 e. The maximum absolute atomic E-state index is 16.0. The average Bonchev–Trinajstić information content (AvgIpc) is 3.65. The molecule has 0 aliphatic heterocycles. The van der Waals surface area contributed by atoms with Crippen LogP contribution in [0.1, 0.15) is 45.0 Å². The lowest BCUT2D eigenvalue weighted by Gasteiger charge is -2.27. The second-order valence-electron chi connectivity index (χ2n) is 11.3. The monoisotopic (exact) mass is 780 g/mol. The Balaban J connectivity index is 1.69. The number of benzene rings is 3. The molecule has 2 amide bonds. The Labute approximate surface area is 307 Å². The first-order valence-electron chi connectivity index (χ1n) is 15.7. The van der Waals surface area contributed by atoms with E-state index in [4.69, 9.17) is 18.9 Å². The Kier molecular flexibility index (Phi) is 12.7. The van der Waals surface area contributed by atoms with Gasteiger partial charge in [-0.15, -0.1) is 11.3 Å². The fourth-order valence-electron chi connectivity index (χ4n) is 5.03. The van der Waals surface area contributed by atoms with Gasteiger partial charge < -0.3 is 29.2 Å². The molecule has 286 valence electrons. The first-order valence-corrected chi connectivity index (χ1v) is 16.6. The lowest BCUT2D eigenvalue weighted by molar-refractivity contribution is -0.167. The number of hydrogen-bond acceptors (Lipinski definition) is 10. The maximum Gasteiger partial charge on any atom is 0.514 e. The van der Waals surface area contributed by atoms with E-state index in [0.717, 1.165) is 46.6 Å². The second kappa shape index (κ2) is 16.8. The van der Waals surface area contributed by atoms with E-state index in [0.29, 0.717) is 18.2 Å². The van der Waals surface area contributed by atoms with Crippen LogP contribution in [0, 0.1) is 17.5 Å². The summed E-state index contributed by atoms with van der Waals surface area (Å²) in [6, 6.07) is 9.58. The first-order chi connectivity index (χ1) is 25.5. The summed E-state index contributed by atoms with van der Waals surface area (Å²) in [5, 5.41) is 3.63. The molecular weight excluding hydrogens is 750 g/mol. The molecule has 1 N–H and O–H groups in total. The van der Waals surface area contributed by atoms with Gasteiger partial charge in [-0.2, -0.15) is 13.2 Å². The number of ether oxygens (including phenoxy) is 4. The van der Waals surface area contributed by atoms with E-state index in [2.05, 4.69) is 5.32 Å². The van der Waals surface area contributed by atoms with E-state index >= 15 is 13.2 Å². The molecule has 0 bridgehead atoms. The molecule has 4 aromatic rings. The third-order valence-electron chi connectivity index (χ3n) is 7.59. The zero-order valence-electron chi connectivity index (χ0n) is 28.8. The van der Waals surface area contributed by atoms with Gasteiger partial charge in [0.15, 0.2) is 11.6 Å². The molecular formula is C36H30F6N2O9S. The molecule has 0 atom stereocenters. The number of thiophene rings is 1. The van der Waals surface area contributed by atoms with E-state index in [-0.39, 0.29) is 23.7 Å². The second-order valence-corrected chi connectivity index (χ2v) is 12.2. The van der Waals surface area contributed by atoms with Crippen molar-refractivity contribution in [3.05, 3.63) is 105 Å². The Morgan fingerprint density at radius 3 is 1.98 bits per heavy atom. The zero-order valence-corrected chi connectivity index (χ0v) is 29.6. The number of nitrogens with one attached hydrogen (secondary N) is 1. The number of amides is 2. The van der Waals surface area contributed by atoms with E-state index in [1.807, 2.05) is 0 Å². The molecule has 11 nitrogen and oxygen atoms in total. The molecule has 0 saturated carbocycles. The van der Waals surface area contributed by atoms with Gasteiger partial charge in [-0.1, -0.05) is 24.3 Å². The number of hydrogen-bond donors (Lipinski definition) is 1. The molecule has 18 heteroatoms. The van der Waals surface area contributed by atoms with E-state index < -0.39 is 99.2 Å². The highest BCUT2D eigenvalue weighted by Gasteiger charge is 2.53. The highest BCUT2D eigenvalue weighted by atomic mass is 32.1. The number of rotatable bonds is 12. The van der Waals surface area contributed by atoms with Crippen LogP contribution in [0.5, 0.6) is 5.75 Å². The molecule has 0 aliphatic carbocycles. The molecule has 0 saturated heterocycles. The number of esters is 2. The molecule has 0 spiro atoms. The van der Waals surface area contributed by atoms with Gasteiger partial charge in [0.25, 0.3) is 11.8 Å². The largest absolute Gasteiger partial charge is 0.514 e. The lowest BCUT2D eigenvalue weighted by Crippen LogP contribution is -2.50. The average molecular weight is 781 g/mol. The van der Waals surface area contributed by atoms with Crippen LogP contribution in [-0.4, -0.2) is 68.7 Å². The smallest absolute Gasteiger partial charge is 0.465 e. The summed E-state index contributed by atoms with van der Waals surface area (Å²) >= 11 is 0.921. The van der Waals surface area contributed by atoms with Crippen LogP contribution in [0.15, 0.2) is 66.0 Å². The fraction of sp³-hybridized carbons (Fsp3) is 0.250. The van der Waals surface area contributed by atoms with Gasteiger partial charge in [-0.25, -0.2) is 18.0 Å². The van der Waals surface area contributed by atoms with Gasteiger partial charge in [-0.05, 0) is 55.1 Å². The quantitative estimate of drug-likeness (QED) is 0.0513. The van der Waals surface area contributed by atoms with Gasteiger partial charge in [-0.3, -0.25) is 19.2 Å². The van der Waals surface area contributed by atoms with E-state index in [9.17, 15) is 37.1 Å². The summed E-state index contributed by atoms with van der Waals surface area (Å²) in [7, 11) is 2.35. The minimum atomic E-state index is -4.70. The third-order valence-corrected chi connectivity index (χ3v) is 8.62. The zero-order chi connectivity index (χ0) is 40.0. The first kappa shape index (κ1) is 40.9. The lowest BCUT2D eigenvalue weighted by atomic mass is 9.87. The molecule has 3 aromatic carbocycles. The summed E-state index contributed by atoms with van der Waals surface area (Å²) in [6.45, 7) is 1.44. The van der Waals surface area contributed by atoms with Gasteiger partial charge >= 0.3 is 24.3 Å². The fourth-order valence-corrected chi connectivity index (χ4v) is 5.92. The van der Waals surface area contributed by atoms with Gasteiger partial charge in [0.05, 0.1) is 30.0 Å². The van der Waals surface area contributed by atoms with Crippen LogP contribution in [0.25, 0.3) is 11.1 Å². The summed E-state index contributed by atoms with van der Waals surface area (Å²) in [4.78, 5) is 66.7. The van der Waals surface area contributed by atoms with Crippen molar-refractivity contribution in [1.29, 1.82) is 0 Å².